The second-order valence-corrected chi connectivity index (χ2v) is 6.60. The highest BCUT2D eigenvalue weighted by Gasteiger charge is 2.10. The van der Waals surface area contributed by atoms with Crippen LogP contribution in [0, 0.1) is 0 Å². The van der Waals surface area contributed by atoms with E-state index in [-0.39, 0.29) is 5.78 Å². The lowest BCUT2D eigenvalue weighted by Gasteiger charge is -2.08. The number of ether oxygens (including phenoxy) is 2. The van der Waals surface area contributed by atoms with Crippen molar-refractivity contribution in [2.45, 2.75) is 6.92 Å². The Bertz CT molecular complexity index is 1210. The third-order valence-corrected chi connectivity index (χ3v) is 4.71. The van der Waals surface area contributed by atoms with Crippen LogP contribution < -0.4 is 9.47 Å². The summed E-state index contributed by atoms with van der Waals surface area (Å²) >= 11 is 0. The Morgan fingerprint density at radius 2 is 1.18 bits per heavy atom. The van der Waals surface area contributed by atoms with Gasteiger partial charge in [-0.2, -0.15) is 0 Å². The van der Waals surface area contributed by atoms with Gasteiger partial charge in [0.05, 0.1) is 12.7 Å². The second-order valence-electron chi connectivity index (χ2n) is 6.60. The van der Waals surface area contributed by atoms with Gasteiger partial charge in [0.25, 0.3) is 0 Å². The molecule has 0 spiro atoms. The van der Waals surface area contributed by atoms with Crippen molar-refractivity contribution >= 4 is 33.3 Å². The maximum absolute atomic E-state index is 12.4. The van der Waals surface area contributed by atoms with Gasteiger partial charge in [0.15, 0.2) is 5.78 Å². The highest BCUT2D eigenvalue weighted by molar-refractivity contribution is 6.00. The van der Waals surface area contributed by atoms with Crippen LogP contribution in [0.25, 0.3) is 21.5 Å². The van der Waals surface area contributed by atoms with Crippen molar-refractivity contribution in [1.29, 1.82) is 0 Å². The molecule has 0 N–H and O–H groups in total. The molecule has 0 aromatic heterocycles. The fourth-order valence-corrected chi connectivity index (χ4v) is 3.15. The fourth-order valence-electron chi connectivity index (χ4n) is 3.15. The molecular weight excluding hydrogens is 352 g/mol. The lowest BCUT2D eigenvalue weighted by molar-refractivity contribution is 0.0734. The van der Waals surface area contributed by atoms with Crippen molar-refractivity contribution in [3.8, 4) is 11.5 Å². The zero-order valence-corrected chi connectivity index (χ0v) is 15.6. The van der Waals surface area contributed by atoms with Gasteiger partial charge >= 0.3 is 5.97 Å². The smallest absolute Gasteiger partial charge is 0.343 e. The van der Waals surface area contributed by atoms with Gasteiger partial charge in [-0.1, -0.05) is 24.3 Å². The monoisotopic (exact) mass is 370 g/mol. The lowest BCUT2D eigenvalue weighted by Crippen LogP contribution is -2.08. The molecule has 0 aliphatic carbocycles. The Labute approximate surface area is 162 Å². The summed E-state index contributed by atoms with van der Waals surface area (Å²) in [6.45, 7) is 1.49. The van der Waals surface area contributed by atoms with Crippen LogP contribution in [-0.2, 0) is 0 Å². The van der Waals surface area contributed by atoms with Gasteiger partial charge in [0, 0.05) is 5.56 Å². The van der Waals surface area contributed by atoms with Gasteiger partial charge in [0.1, 0.15) is 11.5 Å². The molecule has 0 aliphatic rings. The summed E-state index contributed by atoms with van der Waals surface area (Å²) in [6, 6.07) is 22.1. The summed E-state index contributed by atoms with van der Waals surface area (Å²) in [5.74, 6) is 0.786. The van der Waals surface area contributed by atoms with E-state index in [9.17, 15) is 9.59 Å². The summed E-state index contributed by atoms with van der Waals surface area (Å²) in [6.07, 6.45) is 0. The Morgan fingerprint density at radius 3 is 1.75 bits per heavy atom. The highest BCUT2D eigenvalue weighted by Crippen LogP contribution is 2.29. The van der Waals surface area contributed by atoms with Crippen molar-refractivity contribution in [1.82, 2.24) is 0 Å². The van der Waals surface area contributed by atoms with Crippen molar-refractivity contribution in [3.63, 3.8) is 0 Å². The number of hydrogen-bond acceptors (Lipinski definition) is 4. The molecule has 0 fully saturated rings. The normalized spacial score (nSPS) is 10.8. The largest absolute Gasteiger partial charge is 0.497 e. The summed E-state index contributed by atoms with van der Waals surface area (Å²) in [5.41, 5.74) is 0.960. The van der Waals surface area contributed by atoms with E-state index >= 15 is 0 Å². The van der Waals surface area contributed by atoms with Crippen molar-refractivity contribution in [3.05, 3.63) is 83.9 Å². The number of Topliss-reactive ketones (excluding diaryl/α,β-unsaturated/α-hetero) is 1. The van der Waals surface area contributed by atoms with E-state index in [1.54, 1.807) is 37.4 Å². The molecular formula is C24H18O4. The van der Waals surface area contributed by atoms with E-state index in [2.05, 4.69) is 12.1 Å². The van der Waals surface area contributed by atoms with Crippen molar-refractivity contribution in [2.24, 2.45) is 0 Å². The zero-order chi connectivity index (χ0) is 19.7. The SMILES string of the molecule is COc1ccc2cc3cc(OC(=O)c4ccc(C(C)=O)cc4)ccc3cc2c1. The molecule has 138 valence electrons. The van der Waals surface area contributed by atoms with Crippen LogP contribution in [0.2, 0.25) is 0 Å². The van der Waals surface area contributed by atoms with E-state index in [4.69, 9.17) is 9.47 Å². The van der Waals surface area contributed by atoms with Crippen LogP contribution in [0.15, 0.2) is 72.8 Å². The van der Waals surface area contributed by atoms with Crippen molar-refractivity contribution < 1.29 is 19.1 Å². The molecule has 0 unspecified atom stereocenters. The molecule has 0 saturated heterocycles. The first-order chi connectivity index (χ1) is 13.5. The van der Waals surface area contributed by atoms with Crippen LogP contribution >= 0.6 is 0 Å². The van der Waals surface area contributed by atoms with Crippen LogP contribution in [0.5, 0.6) is 11.5 Å². The molecule has 0 saturated carbocycles. The minimum Gasteiger partial charge on any atom is -0.497 e. The molecule has 0 atom stereocenters. The Kier molecular flexibility index (Phi) is 4.53. The first-order valence-corrected chi connectivity index (χ1v) is 8.88. The summed E-state index contributed by atoms with van der Waals surface area (Å²) in [7, 11) is 1.65. The molecule has 0 amide bonds. The first kappa shape index (κ1) is 17.7. The molecule has 0 bridgehead atoms. The van der Waals surface area contributed by atoms with Crippen LogP contribution in [0.1, 0.15) is 27.6 Å². The number of carbonyl (C=O) groups is 2. The summed E-state index contributed by atoms with van der Waals surface area (Å²) in [5, 5.41) is 4.19. The van der Waals surface area contributed by atoms with E-state index in [0.717, 1.165) is 27.3 Å². The lowest BCUT2D eigenvalue weighted by atomic mass is 10.0. The van der Waals surface area contributed by atoms with Crippen LogP contribution in [-0.4, -0.2) is 18.9 Å². The Morgan fingerprint density at radius 1 is 0.643 bits per heavy atom. The second kappa shape index (κ2) is 7.16. The quantitative estimate of drug-likeness (QED) is 0.208. The van der Waals surface area contributed by atoms with Crippen LogP contribution in [0.3, 0.4) is 0 Å². The van der Waals surface area contributed by atoms with E-state index in [1.807, 2.05) is 30.3 Å². The number of benzene rings is 4. The van der Waals surface area contributed by atoms with E-state index in [0.29, 0.717) is 16.9 Å². The fraction of sp³-hybridized carbons (Fsp3) is 0.0833. The Hall–Kier alpha value is -3.66. The molecule has 4 aromatic carbocycles. The van der Waals surface area contributed by atoms with E-state index in [1.165, 1.54) is 6.92 Å². The van der Waals surface area contributed by atoms with Gasteiger partial charge in [-0.3, -0.25) is 4.79 Å². The van der Waals surface area contributed by atoms with Gasteiger partial charge < -0.3 is 9.47 Å². The predicted octanol–water partition coefficient (Wildman–Crippen LogP) is 5.42. The number of esters is 1. The topological polar surface area (TPSA) is 52.6 Å². The molecule has 4 rings (SSSR count). The predicted molar refractivity (Wildman–Crippen MR) is 109 cm³/mol. The third kappa shape index (κ3) is 3.45. The third-order valence-electron chi connectivity index (χ3n) is 4.71. The molecule has 0 aliphatic heterocycles. The summed E-state index contributed by atoms with van der Waals surface area (Å²) < 4.78 is 10.8. The maximum Gasteiger partial charge on any atom is 0.343 e. The van der Waals surface area contributed by atoms with Crippen LogP contribution in [0.4, 0.5) is 0 Å². The number of fused-ring (bicyclic) bond motifs is 2. The highest BCUT2D eigenvalue weighted by atomic mass is 16.5. The van der Waals surface area contributed by atoms with Gasteiger partial charge in [-0.05, 0) is 77.0 Å². The minimum absolute atomic E-state index is 0.0423. The number of hydrogen-bond donors (Lipinski definition) is 0. The first-order valence-electron chi connectivity index (χ1n) is 8.88. The van der Waals surface area contributed by atoms with Crippen molar-refractivity contribution in [2.75, 3.05) is 7.11 Å². The number of rotatable bonds is 4. The standard InChI is InChI=1S/C24H18O4/c1-15(25)16-3-5-17(6-4-16)24(26)28-23-10-8-19-11-20-13-22(27-2)9-7-18(20)12-21(19)14-23/h3-14H,1-2H3. The molecule has 28 heavy (non-hydrogen) atoms. The number of ketones is 1. The molecule has 4 heteroatoms. The average molecular weight is 370 g/mol. The molecule has 0 radical (unpaired) electrons. The minimum atomic E-state index is -0.458. The molecule has 4 aromatic rings. The number of carbonyl (C=O) groups excluding carboxylic acids is 2. The van der Waals surface area contributed by atoms with Gasteiger partial charge in [0.2, 0.25) is 0 Å². The number of methoxy groups -OCH3 is 1. The maximum atomic E-state index is 12.4. The molecule has 0 heterocycles. The molecule has 4 nitrogen and oxygen atoms in total. The zero-order valence-electron chi connectivity index (χ0n) is 15.6. The van der Waals surface area contributed by atoms with E-state index < -0.39 is 5.97 Å². The Balaban J connectivity index is 1.62. The average Bonchev–Trinajstić information content (AvgIpc) is 2.71. The summed E-state index contributed by atoms with van der Waals surface area (Å²) in [4.78, 5) is 23.7. The van der Waals surface area contributed by atoms with Gasteiger partial charge in [-0.25, -0.2) is 4.79 Å². The van der Waals surface area contributed by atoms with Gasteiger partial charge in [-0.15, -0.1) is 0 Å².